The van der Waals surface area contributed by atoms with Crippen LogP contribution >= 0.6 is 0 Å². The van der Waals surface area contributed by atoms with Gasteiger partial charge in [0.1, 0.15) is 0 Å². The van der Waals surface area contributed by atoms with Gasteiger partial charge < -0.3 is 14.5 Å². The van der Waals surface area contributed by atoms with Crippen molar-refractivity contribution in [1.82, 2.24) is 19.6 Å². The number of benzene rings is 1. The van der Waals surface area contributed by atoms with E-state index in [0.29, 0.717) is 29.8 Å². The number of rotatable bonds is 6. The van der Waals surface area contributed by atoms with Crippen molar-refractivity contribution < 1.29 is 27.5 Å². The highest BCUT2D eigenvalue weighted by molar-refractivity contribution is 5.94. The van der Waals surface area contributed by atoms with Crippen molar-refractivity contribution in [1.29, 1.82) is 0 Å². The number of aromatic nitrogens is 2. The van der Waals surface area contributed by atoms with Crippen molar-refractivity contribution in [2.75, 3.05) is 27.7 Å². The van der Waals surface area contributed by atoms with Crippen LogP contribution in [-0.2, 0) is 29.0 Å². The van der Waals surface area contributed by atoms with Crippen LogP contribution in [-0.4, -0.2) is 65.3 Å². The first-order valence-corrected chi connectivity index (χ1v) is 9.86. The van der Waals surface area contributed by atoms with Crippen LogP contribution in [0.25, 0.3) is 0 Å². The maximum absolute atomic E-state index is 13.1. The fourth-order valence-corrected chi connectivity index (χ4v) is 3.65. The Morgan fingerprint density at radius 3 is 2.48 bits per heavy atom. The molecule has 0 unspecified atom stereocenters. The predicted octanol–water partition coefficient (Wildman–Crippen LogP) is 2.81. The number of carbonyl (C=O) groups excluding carboxylic acids is 2. The number of ether oxygens (including phenoxy) is 1. The molecule has 0 saturated carbocycles. The largest absolute Gasteiger partial charge is 0.390 e. The minimum atomic E-state index is -4.33. The van der Waals surface area contributed by atoms with Crippen LogP contribution in [0.5, 0.6) is 0 Å². The average molecular weight is 438 g/mol. The summed E-state index contributed by atoms with van der Waals surface area (Å²) in [5.74, 6) is -0.687. The van der Waals surface area contributed by atoms with E-state index in [-0.39, 0.29) is 24.7 Å². The minimum Gasteiger partial charge on any atom is -0.367 e. The Balaban J connectivity index is 1.90. The molecule has 1 aliphatic rings. The van der Waals surface area contributed by atoms with Gasteiger partial charge in [-0.3, -0.25) is 14.3 Å². The third-order valence-electron chi connectivity index (χ3n) is 5.22. The van der Waals surface area contributed by atoms with Gasteiger partial charge in [-0.15, -0.1) is 0 Å². The quantitative estimate of drug-likeness (QED) is 0.696. The average Bonchev–Trinajstić information content (AvgIpc) is 3.10. The summed E-state index contributed by atoms with van der Waals surface area (Å²) in [6.45, 7) is 0.0127. The fraction of sp³-hybridized carbons (Fsp3) is 0.476. The highest BCUT2D eigenvalue weighted by atomic mass is 19.4. The third-order valence-corrected chi connectivity index (χ3v) is 5.22. The monoisotopic (exact) mass is 438 g/mol. The topological polar surface area (TPSA) is 67.7 Å². The number of halogens is 3. The van der Waals surface area contributed by atoms with Crippen molar-refractivity contribution in [3.63, 3.8) is 0 Å². The summed E-state index contributed by atoms with van der Waals surface area (Å²) in [7, 11) is 4.54. The van der Waals surface area contributed by atoms with Gasteiger partial charge in [-0.05, 0) is 5.56 Å². The third kappa shape index (κ3) is 5.07. The van der Waals surface area contributed by atoms with Crippen LogP contribution in [0, 0.1) is 0 Å². The van der Waals surface area contributed by atoms with Crippen LogP contribution in [0.2, 0.25) is 0 Å². The summed E-state index contributed by atoms with van der Waals surface area (Å²) < 4.78 is 44.9. The number of hydrogen-bond acceptors (Lipinski definition) is 4. The molecule has 3 rings (SSSR count). The van der Waals surface area contributed by atoms with E-state index >= 15 is 0 Å². The first kappa shape index (κ1) is 22.8. The molecule has 10 heteroatoms. The van der Waals surface area contributed by atoms with E-state index in [1.165, 1.54) is 16.7 Å². The summed E-state index contributed by atoms with van der Waals surface area (Å²) >= 11 is 0. The Bertz CT molecular complexity index is 941. The highest BCUT2D eigenvalue weighted by Gasteiger charge is 2.35. The van der Waals surface area contributed by atoms with Gasteiger partial charge in [0.2, 0.25) is 0 Å². The summed E-state index contributed by atoms with van der Waals surface area (Å²) in [5.41, 5.74) is 1.83. The smallest absolute Gasteiger partial charge is 0.367 e. The Hall–Kier alpha value is -2.88. The maximum Gasteiger partial charge on any atom is 0.390 e. The molecule has 1 atom stereocenters. The van der Waals surface area contributed by atoms with Gasteiger partial charge in [-0.1, -0.05) is 30.3 Å². The Morgan fingerprint density at radius 2 is 1.90 bits per heavy atom. The summed E-state index contributed by atoms with van der Waals surface area (Å²) in [5, 5.41) is 4.19. The lowest BCUT2D eigenvalue weighted by Crippen LogP contribution is -2.40. The first-order valence-electron chi connectivity index (χ1n) is 9.86. The second-order valence-corrected chi connectivity index (χ2v) is 7.60. The van der Waals surface area contributed by atoms with E-state index in [9.17, 15) is 22.8 Å². The van der Waals surface area contributed by atoms with Crippen LogP contribution in [0.15, 0.2) is 30.3 Å². The van der Waals surface area contributed by atoms with Crippen LogP contribution in [0.3, 0.4) is 0 Å². The molecule has 1 aromatic carbocycles. The first-order chi connectivity index (χ1) is 14.6. The molecule has 0 aliphatic carbocycles. The van der Waals surface area contributed by atoms with E-state index < -0.39 is 24.6 Å². The summed E-state index contributed by atoms with van der Waals surface area (Å²) in [6.07, 6.45) is -5.88. The van der Waals surface area contributed by atoms with Crippen molar-refractivity contribution >= 4 is 11.8 Å². The van der Waals surface area contributed by atoms with E-state index in [0.717, 1.165) is 0 Å². The maximum atomic E-state index is 13.1. The molecule has 0 bridgehead atoms. The van der Waals surface area contributed by atoms with Crippen molar-refractivity contribution in [2.24, 2.45) is 0 Å². The highest BCUT2D eigenvalue weighted by Crippen LogP contribution is 2.29. The molecule has 0 radical (unpaired) electrons. The molecule has 2 heterocycles. The van der Waals surface area contributed by atoms with E-state index in [2.05, 4.69) is 5.10 Å². The lowest BCUT2D eigenvalue weighted by Gasteiger charge is -2.31. The Morgan fingerprint density at radius 1 is 1.23 bits per heavy atom. The molecule has 168 valence electrons. The number of carbonyl (C=O) groups is 2. The number of amides is 2. The molecule has 2 aromatic rings. The Labute approximate surface area is 178 Å². The summed E-state index contributed by atoms with van der Waals surface area (Å²) in [4.78, 5) is 28.6. The number of fused-ring (bicyclic) bond motifs is 1. The number of aryl methyl sites for hydroxylation is 1. The second-order valence-electron chi connectivity index (χ2n) is 7.60. The Kier molecular flexibility index (Phi) is 6.68. The van der Waals surface area contributed by atoms with Gasteiger partial charge in [0.15, 0.2) is 11.8 Å². The van der Waals surface area contributed by atoms with Crippen molar-refractivity contribution in [3.8, 4) is 0 Å². The number of methoxy groups -OCH3 is 1. The lowest BCUT2D eigenvalue weighted by molar-refractivity contribution is -0.143. The van der Waals surface area contributed by atoms with Crippen molar-refractivity contribution in [3.05, 3.63) is 52.8 Å². The molecule has 31 heavy (non-hydrogen) atoms. The van der Waals surface area contributed by atoms with Gasteiger partial charge >= 0.3 is 6.18 Å². The van der Waals surface area contributed by atoms with Crippen molar-refractivity contribution in [2.45, 2.75) is 38.2 Å². The molecular formula is C21H25F3N4O3. The number of alkyl halides is 3. The normalized spacial score (nSPS) is 14.8. The molecule has 0 spiro atoms. The second kappa shape index (κ2) is 9.09. The molecule has 1 aromatic heterocycles. The summed E-state index contributed by atoms with van der Waals surface area (Å²) in [6, 6.07) is 9.03. The molecule has 0 saturated heterocycles. The van der Waals surface area contributed by atoms with E-state index in [4.69, 9.17) is 4.74 Å². The standard InChI is InChI=1S/C21H25F3N4O3/c1-26(2)19(29)17-15-13-27(20(30)18(31-3)14-7-5-4-6-8-14)11-9-16(15)28(25-17)12-10-21(22,23)24/h4-8,18H,9-13H2,1-3H3/t18-/m1/s1. The van der Waals surface area contributed by atoms with Gasteiger partial charge in [0.05, 0.1) is 6.42 Å². The molecule has 2 amide bonds. The molecule has 0 fully saturated rings. The molecular weight excluding hydrogens is 413 g/mol. The SMILES string of the molecule is CO[C@@H](C(=O)N1CCc2c(c(C(=O)N(C)C)nn2CCC(F)(F)F)C1)c1ccccc1. The molecule has 7 nitrogen and oxygen atoms in total. The number of nitrogens with zero attached hydrogens (tertiary/aromatic N) is 4. The molecule has 0 N–H and O–H groups in total. The van der Waals surface area contributed by atoms with Gasteiger partial charge in [0, 0.05) is 58.5 Å². The van der Waals surface area contributed by atoms with Crippen LogP contribution in [0.4, 0.5) is 13.2 Å². The van der Waals surface area contributed by atoms with Gasteiger partial charge in [-0.25, -0.2) is 0 Å². The molecule has 1 aliphatic heterocycles. The minimum absolute atomic E-state index is 0.0772. The van der Waals surface area contributed by atoms with Gasteiger partial charge in [-0.2, -0.15) is 18.3 Å². The lowest BCUT2D eigenvalue weighted by atomic mass is 10.0. The van der Waals surface area contributed by atoms with Crippen LogP contribution in [0.1, 0.15) is 39.8 Å². The van der Waals surface area contributed by atoms with E-state index in [1.54, 1.807) is 31.1 Å². The van der Waals surface area contributed by atoms with Gasteiger partial charge in [0.25, 0.3) is 11.8 Å². The van der Waals surface area contributed by atoms with Crippen LogP contribution < -0.4 is 0 Å². The van der Waals surface area contributed by atoms with E-state index in [1.807, 2.05) is 18.2 Å². The zero-order chi connectivity index (χ0) is 22.8. The fourth-order valence-electron chi connectivity index (χ4n) is 3.65. The zero-order valence-electron chi connectivity index (χ0n) is 17.6. The zero-order valence-corrected chi connectivity index (χ0v) is 17.6. The number of hydrogen-bond donors (Lipinski definition) is 0. The predicted molar refractivity (Wildman–Crippen MR) is 106 cm³/mol.